The summed E-state index contributed by atoms with van der Waals surface area (Å²) in [5.74, 6) is 3.53. The largest absolute Gasteiger partial charge is 0.497 e. The molecule has 3 aromatic carbocycles. The van der Waals surface area contributed by atoms with Crippen molar-refractivity contribution >= 4 is 45.7 Å². The van der Waals surface area contributed by atoms with Crippen LogP contribution in [0.15, 0.2) is 99.1 Å². The van der Waals surface area contributed by atoms with Gasteiger partial charge in [-0.05, 0) is 75.6 Å². The first-order valence-electron chi connectivity index (χ1n) is 12.9. The van der Waals surface area contributed by atoms with Gasteiger partial charge in [0.15, 0.2) is 11.5 Å². The fourth-order valence-corrected chi connectivity index (χ4v) is 4.37. The molecular formula is C30H28BrN7O4. The Morgan fingerprint density at radius 2 is 1.67 bits per heavy atom. The number of methoxy groups -OCH3 is 2. The van der Waals surface area contributed by atoms with Gasteiger partial charge in [0.2, 0.25) is 17.8 Å². The molecule has 5 rings (SSSR count). The summed E-state index contributed by atoms with van der Waals surface area (Å²) in [6.07, 6.45) is 3.24. The summed E-state index contributed by atoms with van der Waals surface area (Å²) < 4.78 is 23.0. The van der Waals surface area contributed by atoms with Crippen molar-refractivity contribution in [1.29, 1.82) is 0 Å². The highest BCUT2D eigenvalue weighted by molar-refractivity contribution is 9.10. The first-order valence-corrected chi connectivity index (χ1v) is 13.7. The third-order valence-corrected chi connectivity index (χ3v) is 6.43. The number of ether oxygens (including phenoxy) is 3. The fourth-order valence-electron chi connectivity index (χ4n) is 3.79. The predicted octanol–water partition coefficient (Wildman–Crippen LogP) is 6.63. The maximum atomic E-state index is 6.02. The second kappa shape index (κ2) is 14.0. The molecule has 0 atom stereocenters. The van der Waals surface area contributed by atoms with Crippen molar-refractivity contribution in [2.24, 2.45) is 5.10 Å². The Morgan fingerprint density at radius 1 is 0.881 bits per heavy atom. The number of nitrogens with one attached hydrogen (secondary N) is 3. The number of aromatic nitrogens is 3. The van der Waals surface area contributed by atoms with Crippen molar-refractivity contribution in [3.63, 3.8) is 0 Å². The van der Waals surface area contributed by atoms with Crippen LogP contribution in [0.3, 0.4) is 0 Å². The molecule has 2 heterocycles. The zero-order valence-electron chi connectivity index (χ0n) is 22.9. The van der Waals surface area contributed by atoms with Crippen molar-refractivity contribution in [1.82, 2.24) is 15.0 Å². The van der Waals surface area contributed by atoms with Crippen molar-refractivity contribution in [2.75, 3.05) is 30.3 Å². The highest BCUT2D eigenvalue weighted by atomic mass is 79.9. The minimum absolute atomic E-state index is 0.230. The SMILES string of the molecule is COc1ccc(Nc2nc(NCc3ccco3)nc(N/N=C\c3cc(Br)c(OCc4ccccc4)c(OC)c3)n2)cc1. The molecule has 12 heteroatoms. The molecule has 0 fully saturated rings. The van der Waals surface area contributed by atoms with Gasteiger partial charge < -0.3 is 29.3 Å². The molecule has 0 radical (unpaired) electrons. The van der Waals surface area contributed by atoms with Crippen LogP contribution < -0.4 is 30.3 Å². The Balaban J connectivity index is 1.31. The van der Waals surface area contributed by atoms with Crippen LogP contribution in [0.2, 0.25) is 0 Å². The summed E-state index contributed by atoms with van der Waals surface area (Å²) in [7, 11) is 3.21. The molecule has 3 N–H and O–H groups in total. The molecule has 0 spiro atoms. The lowest BCUT2D eigenvalue weighted by Crippen LogP contribution is -2.09. The lowest BCUT2D eigenvalue weighted by atomic mass is 10.2. The molecule has 0 unspecified atom stereocenters. The van der Waals surface area contributed by atoms with Crippen molar-refractivity contribution in [2.45, 2.75) is 13.2 Å². The minimum Gasteiger partial charge on any atom is -0.497 e. The van der Waals surface area contributed by atoms with Gasteiger partial charge in [0.1, 0.15) is 18.1 Å². The van der Waals surface area contributed by atoms with Crippen LogP contribution >= 0.6 is 15.9 Å². The summed E-state index contributed by atoms with van der Waals surface area (Å²) in [6, 6.07) is 24.7. The number of benzene rings is 3. The molecule has 42 heavy (non-hydrogen) atoms. The zero-order chi connectivity index (χ0) is 29.1. The number of hydrazone groups is 1. The first kappa shape index (κ1) is 28.4. The maximum absolute atomic E-state index is 6.02. The molecule has 0 aliphatic heterocycles. The summed E-state index contributed by atoms with van der Waals surface area (Å²) in [4.78, 5) is 13.4. The standard InChI is InChI=1S/C30H28BrN7O4/c1-39-23-12-10-22(11-13-23)34-29-35-28(32-18-24-9-6-14-41-24)36-30(37-29)38-33-17-21-15-25(31)27(26(16-21)40-2)42-19-20-7-4-3-5-8-20/h3-17H,18-19H2,1-2H3,(H3,32,34,35,36,37,38)/b33-17-. The molecule has 0 aliphatic rings. The molecule has 214 valence electrons. The van der Waals surface area contributed by atoms with Crippen LogP contribution in [0.4, 0.5) is 23.5 Å². The van der Waals surface area contributed by atoms with Gasteiger partial charge in [-0.1, -0.05) is 30.3 Å². The van der Waals surface area contributed by atoms with E-state index in [9.17, 15) is 0 Å². The zero-order valence-corrected chi connectivity index (χ0v) is 24.5. The normalized spacial score (nSPS) is 10.8. The van der Waals surface area contributed by atoms with Crippen LogP contribution in [0.25, 0.3) is 0 Å². The molecule has 0 aliphatic carbocycles. The van der Waals surface area contributed by atoms with Gasteiger partial charge in [-0.3, -0.25) is 0 Å². The molecule has 0 saturated heterocycles. The van der Waals surface area contributed by atoms with Crippen LogP contribution in [0.5, 0.6) is 17.2 Å². The minimum atomic E-state index is 0.230. The Morgan fingerprint density at radius 3 is 2.40 bits per heavy atom. The maximum Gasteiger partial charge on any atom is 0.250 e. The van der Waals surface area contributed by atoms with Crippen LogP contribution in [-0.4, -0.2) is 35.4 Å². The lowest BCUT2D eigenvalue weighted by Gasteiger charge is -2.13. The molecule has 0 saturated carbocycles. The second-order valence-electron chi connectivity index (χ2n) is 8.77. The van der Waals surface area contributed by atoms with Gasteiger partial charge in [-0.15, -0.1) is 0 Å². The molecular weight excluding hydrogens is 602 g/mol. The number of furan rings is 1. The van der Waals surface area contributed by atoms with E-state index in [0.29, 0.717) is 36.5 Å². The monoisotopic (exact) mass is 629 g/mol. The van der Waals surface area contributed by atoms with Gasteiger partial charge in [0.05, 0.1) is 37.7 Å². The van der Waals surface area contributed by atoms with Gasteiger partial charge in [0.25, 0.3) is 0 Å². The van der Waals surface area contributed by atoms with Crippen LogP contribution in [-0.2, 0) is 13.2 Å². The third kappa shape index (κ3) is 7.76. The van der Waals surface area contributed by atoms with Crippen molar-refractivity contribution in [3.05, 3.63) is 106 Å². The topological polar surface area (TPSA) is 128 Å². The van der Waals surface area contributed by atoms with Gasteiger partial charge in [-0.2, -0.15) is 20.1 Å². The van der Waals surface area contributed by atoms with Crippen LogP contribution in [0, 0.1) is 0 Å². The Hall–Kier alpha value is -5.10. The summed E-state index contributed by atoms with van der Waals surface area (Å²) in [5, 5.41) is 10.7. The third-order valence-electron chi connectivity index (χ3n) is 5.84. The highest BCUT2D eigenvalue weighted by Crippen LogP contribution is 2.37. The number of halogens is 1. The molecule has 2 aromatic heterocycles. The number of nitrogens with zero attached hydrogens (tertiary/aromatic N) is 4. The average molecular weight is 631 g/mol. The molecule has 0 bridgehead atoms. The summed E-state index contributed by atoms with van der Waals surface area (Å²) in [5.41, 5.74) is 5.48. The fraction of sp³-hybridized carbons (Fsp3) is 0.133. The van der Waals surface area contributed by atoms with E-state index in [-0.39, 0.29) is 5.95 Å². The van der Waals surface area contributed by atoms with Gasteiger partial charge >= 0.3 is 0 Å². The quantitative estimate of drug-likeness (QED) is 0.0964. The molecule has 11 nitrogen and oxygen atoms in total. The summed E-state index contributed by atoms with van der Waals surface area (Å²) >= 11 is 3.59. The molecule has 0 amide bonds. The Bertz CT molecular complexity index is 1620. The smallest absolute Gasteiger partial charge is 0.250 e. The van der Waals surface area contributed by atoms with E-state index >= 15 is 0 Å². The lowest BCUT2D eigenvalue weighted by molar-refractivity contribution is 0.282. The summed E-state index contributed by atoms with van der Waals surface area (Å²) in [6.45, 7) is 0.807. The van der Waals surface area contributed by atoms with E-state index in [1.165, 1.54) is 0 Å². The number of rotatable bonds is 13. The van der Waals surface area contributed by atoms with Crippen molar-refractivity contribution < 1.29 is 18.6 Å². The van der Waals surface area contributed by atoms with Crippen molar-refractivity contribution in [3.8, 4) is 17.2 Å². The van der Waals surface area contributed by atoms with E-state index in [1.807, 2.05) is 78.9 Å². The second-order valence-corrected chi connectivity index (χ2v) is 9.63. The first-order chi connectivity index (χ1) is 20.6. The molecule has 5 aromatic rings. The van der Waals surface area contributed by atoms with E-state index in [1.54, 1.807) is 26.7 Å². The predicted molar refractivity (Wildman–Crippen MR) is 165 cm³/mol. The number of hydrogen-bond donors (Lipinski definition) is 3. The number of hydrogen-bond acceptors (Lipinski definition) is 11. The Labute approximate surface area is 251 Å². The average Bonchev–Trinajstić information content (AvgIpc) is 3.54. The van der Waals surface area contributed by atoms with Gasteiger partial charge in [-0.25, -0.2) is 5.43 Å². The highest BCUT2D eigenvalue weighted by Gasteiger charge is 2.12. The Kier molecular flexibility index (Phi) is 9.47. The van der Waals surface area contributed by atoms with E-state index in [0.717, 1.165) is 32.8 Å². The van der Waals surface area contributed by atoms with Gasteiger partial charge in [0, 0.05) is 5.69 Å². The van der Waals surface area contributed by atoms with E-state index in [2.05, 4.69) is 52.0 Å². The number of anilines is 4. The van der Waals surface area contributed by atoms with E-state index in [4.69, 9.17) is 18.6 Å². The van der Waals surface area contributed by atoms with E-state index < -0.39 is 0 Å². The van der Waals surface area contributed by atoms with Crippen LogP contribution in [0.1, 0.15) is 16.9 Å².